The van der Waals surface area contributed by atoms with Crippen LogP contribution in [-0.2, 0) is 29.2 Å². The van der Waals surface area contributed by atoms with E-state index in [1.807, 2.05) is 18.2 Å². The normalized spacial score (nSPS) is 11.2. The van der Waals surface area contributed by atoms with Crippen molar-refractivity contribution in [2.45, 2.75) is 19.7 Å². The summed E-state index contributed by atoms with van der Waals surface area (Å²) >= 11 is 0. The van der Waals surface area contributed by atoms with Crippen molar-refractivity contribution in [3.05, 3.63) is 71.9 Å². The molecule has 4 nitrogen and oxygen atoms in total. The molecule has 0 spiro atoms. The summed E-state index contributed by atoms with van der Waals surface area (Å²) in [6.45, 7) is 4.68. The van der Waals surface area contributed by atoms with Crippen LogP contribution >= 0.6 is 0 Å². The highest BCUT2D eigenvalue weighted by molar-refractivity contribution is 5.80. The molecule has 0 atom stereocenters. The highest BCUT2D eigenvalue weighted by Gasteiger charge is 2.03. The van der Waals surface area contributed by atoms with Gasteiger partial charge in [-0.15, -0.1) is 0 Å². The van der Waals surface area contributed by atoms with Crippen LogP contribution in [0.3, 0.4) is 0 Å². The van der Waals surface area contributed by atoms with Crippen LogP contribution in [0.15, 0.2) is 60.8 Å². The van der Waals surface area contributed by atoms with Crippen LogP contribution in [0.5, 0.6) is 0 Å². The molecule has 0 bridgehead atoms. The maximum Gasteiger partial charge on any atom is 0.0717 e. The molecule has 1 heterocycles. The largest absolute Gasteiger partial charge is 0.383 e. The Labute approximate surface area is 149 Å². The van der Waals surface area contributed by atoms with E-state index in [9.17, 15) is 0 Å². The minimum Gasteiger partial charge on any atom is -0.383 e. The zero-order valence-corrected chi connectivity index (χ0v) is 14.8. The summed E-state index contributed by atoms with van der Waals surface area (Å²) in [5, 5.41) is 4.66. The van der Waals surface area contributed by atoms with E-state index in [1.54, 1.807) is 7.11 Å². The maximum atomic E-state index is 5.82. The number of ether oxygens (including phenoxy) is 2. The number of nitrogens with zero attached hydrogens (tertiary/aromatic N) is 1. The number of hydrogen-bond donors (Lipinski definition) is 1. The second kappa shape index (κ2) is 9.37. The molecular formula is C21H26N2O2. The number of benzene rings is 2. The Morgan fingerprint density at radius 1 is 0.960 bits per heavy atom. The van der Waals surface area contributed by atoms with E-state index in [-0.39, 0.29) is 0 Å². The van der Waals surface area contributed by atoms with Gasteiger partial charge < -0.3 is 19.4 Å². The third-order valence-electron chi connectivity index (χ3n) is 4.24. The van der Waals surface area contributed by atoms with E-state index in [0.29, 0.717) is 13.2 Å². The third kappa shape index (κ3) is 5.16. The molecule has 132 valence electrons. The number of aromatic nitrogens is 1. The number of fused-ring (bicyclic) bond motifs is 1. The standard InChI is InChI=1S/C21H26N2O2/c1-24-13-10-22-16-19-7-8-20-9-11-23(21(20)15-19)12-14-25-17-18-5-3-2-4-6-18/h2-9,11,15,22H,10,12-14,16-17H2,1H3. The van der Waals surface area contributed by atoms with Gasteiger partial charge in [-0.2, -0.15) is 0 Å². The number of rotatable bonds is 10. The van der Waals surface area contributed by atoms with Crippen molar-refractivity contribution in [1.29, 1.82) is 0 Å². The zero-order valence-electron chi connectivity index (χ0n) is 14.8. The van der Waals surface area contributed by atoms with Crippen molar-refractivity contribution in [1.82, 2.24) is 9.88 Å². The van der Waals surface area contributed by atoms with Crippen LogP contribution in [-0.4, -0.2) is 31.4 Å². The lowest BCUT2D eigenvalue weighted by Crippen LogP contribution is -2.18. The van der Waals surface area contributed by atoms with Gasteiger partial charge in [-0.05, 0) is 28.6 Å². The molecule has 0 aliphatic rings. The van der Waals surface area contributed by atoms with Gasteiger partial charge in [-0.25, -0.2) is 0 Å². The Morgan fingerprint density at radius 2 is 1.84 bits per heavy atom. The van der Waals surface area contributed by atoms with Gasteiger partial charge >= 0.3 is 0 Å². The molecule has 0 radical (unpaired) electrons. The summed E-state index contributed by atoms with van der Waals surface area (Å²) in [5.41, 5.74) is 3.76. The Bertz CT molecular complexity index is 768. The Balaban J connectivity index is 1.54. The quantitative estimate of drug-likeness (QED) is 0.574. The van der Waals surface area contributed by atoms with Gasteiger partial charge in [0.2, 0.25) is 0 Å². The second-order valence-electron chi connectivity index (χ2n) is 6.11. The van der Waals surface area contributed by atoms with Gasteiger partial charge in [0.15, 0.2) is 0 Å². The number of methoxy groups -OCH3 is 1. The predicted octanol–water partition coefficient (Wildman–Crippen LogP) is 3.59. The molecule has 0 unspecified atom stereocenters. The molecule has 25 heavy (non-hydrogen) atoms. The summed E-state index contributed by atoms with van der Waals surface area (Å²) in [5.74, 6) is 0. The van der Waals surface area contributed by atoms with E-state index in [0.717, 1.165) is 26.2 Å². The van der Waals surface area contributed by atoms with Crippen molar-refractivity contribution in [2.75, 3.05) is 26.9 Å². The fourth-order valence-electron chi connectivity index (χ4n) is 2.87. The summed E-state index contributed by atoms with van der Waals surface area (Å²) in [7, 11) is 1.72. The first-order valence-corrected chi connectivity index (χ1v) is 8.76. The predicted molar refractivity (Wildman–Crippen MR) is 102 cm³/mol. The average Bonchev–Trinajstić information content (AvgIpc) is 3.06. The minimum atomic E-state index is 0.661. The van der Waals surface area contributed by atoms with Gasteiger partial charge in [0, 0.05) is 38.5 Å². The first kappa shape index (κ1) is 17.7. The van der Waals surface area contributed by atoms with Crippen LogP contribution in [0.4, 0.5) is 0 Å². The smallest absolute Gasteiger partial charge is 0.0717 e. The average molecular weight is 338 g/mol. The lowest BCUT2D eigenvalue weighted by molar-refractivity contribution is 0.114. The van der Waals surface area contributed by atoms with E-state index in [4.69, 9.17) is 9.47 Å². The fraction of sp³-hybridized carbons (Fsp3) is 0.333. The SMILES string of the molecule is COCCNCc1ccc2ccn(CCOCc3ccccc3)c2c1. The van der Waals surface area contributed by atoms with Gasteiger partial charge in [0.1, 0.15) is 0 Å². The minimum absolute atomic E-state index is 0.661. The lowest BCUT2D eigenvalue weighted by atomic mass is 10.1. The molecule has 0 aliphatic heterocycles. The molecule has 1 aromatic heterocycles. The molecule has 2 aromatic carbocycles. The second-order valence-corrected chi connectivity index (χ2v) is 6.11. The molecule has 0 aliphatic carbocycles. The zero-order chi connectivity index (χ0) is 17.3. The monoisotopic (exact) mass is 338 g/mol. The first-order valence-electron chi connectivity index (χ1n) is 8.76. The third-order valence-corrected chi connectivity index (χ3v) is 4.24. The highest BCUT2D eigenvalue weighted by atomic mass is 16.5. The van der Waals surface area contributed by atoms with Gasteiger partial charge in [-0.3, -0.25) is 0 Å². The summed E-state index contributed by atoms with van der Waals surface area (Å²) in [4.78, 5) is 0. The molecule has 0 saturated carbocycles. The van der Waals surface area contributed by atoms with Gasteiger partial charge in [0.05, 0.1) is 19.8 Å². The van der Waals surface area contributed by atoms with Crippen LogP contribution in [0.25, 0.3) is 10.9 Å². The number of nitrogens with one attached hydrogen (secondary N) is 1. The summed E-state index contributed by atoms with van der Waals surface area (Å²) < 4.78 is 13.1. The molecule has 0 fully saturated rings. The van der Waals surface area contributed by atoms with Crippen LogP contribution in [0, 0.1) is 0 Å². The van der Waals surface area contributed by atoms with E-state index in [2.05, 4.69) is 52.5 Å². The molecule has 0 amide bonds. The van der Waals surface area contributed by atoms with Crippen molar-refractivity contribution < 1.29 is 9.47 Å². The van der Waals surface area contributed by atoms with Crippen molar-refractivity contribution in [3.8, 4) is 0 Å². The fourth-order valence-corrected chi connectivity index (χ4v) is 2.87. The summed E-state index contributed by atoms with van der Waals surface area (Å²) in [6, 6.07) is 19.1. The van der Waals surface area contributed by atoms with E-state index in [1.165, 1.54) is 22.0 Å². The first-order chi connectivity index (χ1) is 12.4. The van der Waals surface area contributed by atoms with Crippen molar-refractivity contribution in [2.24, 2.45) is 0 Å². The van der Waals surface area contributed by atoms with E-state index < -0.39 is 0 Å². The van der Waals surface area contributed by atoms with Crippen molar-refractivity contribution >= 4 is 10.9 Å². The molecule has 3 rings (SSSR count). The topological polar surface area (TPSA) is 35.4 Å². The molecule has 4 heteroatoms. The van der Waals surface area contributed by atoms with Gasteiger partial charge in [-0.1, -0.05) is 42.5 Å². The molecular weight excluding hydrogens is 312 g/mol. The van der Waals surface area contributed by atoms with E-state index >= 15 is 0 Å². The Kier molecular flexibility index (Phi) is 6.63. The maximum absolute atomic E-state index is 5.82. The molecule has 0 saturated heterocycles. The molecule has 1 N–H and O–H groups in total. The van der Waals surface area contributed by atoms with Crippen LogP contribution < -0.4 is 5.32 Å². The number of hydrogen-bond acceptors (Lipinski definition) is 3. The summed E-state index contributed by atoms with van der Waals surface area (Å²) in [6.07, 6.45) is 2.14. The van der Waals surface area contributed by atoms with Crippen molar-refractivity contribution in [3.63, 3.8) is 0 Å². The van der Waals surface area contributed by atoms with Gasteiger partial charge in [0.25, 0.3) is 0 Å². The molecule has 3 aromatic rings. The van der Waals surface area contributed by atoms with Crippen LogP contribution in [0.1, 0.15) is 11.1 Å². The Hall–Kier alpha value is -2.14. The lowest BCUT2D eigenvalue weighted by Gasteiger charge is -2.09. The Morgan fingerprint density at radius 3 is 2.68 bits per heavy atom. The highest BCUT2D eigenvalue weighted by Crippen LogP contribution is 2.18. The van der Waals surface area contributed by atoms with Crippen LogP contribution in [0.2, 0.25) is 0 Å².